The average molecular weight is 358 g/mol. The number of hydrogen-bond donors (Lipinski definition) is 2. The van der Waals surface area contributed by atoms with Gasteiger partial charge in [0, 0.05) is 0 Å². The Hall–Kier alpha value is -2.74. The fraction of sp³-hybridized carbons (Fsp3) is 0.263. The summed E-state index contributed by atoms with van der Waals surface area (Å²) in [6.45, 7) is -0.283. The van der Waals surface area contributed by atoms with Crippen molar-refractivity contribution in [3.05, 3.63) is 71.8 Å². The summed E-state index contributed by atoms with van der Waals surface area (Å²) in [5.41, 5.74) is 0.644. The maximum atomic E-state index is 12.2. The summed E-state index contributed by atoms with van der Waals surface area (Å²) in [5.74, 6) is -1.26. The van der Waals surface area contributed by atoms with Crippen LogP contribution in [0.25, 0.3) is 0 Å². The van der Waals surface area contributed by atoms with Crippen molar-refractivity contribution in [2.75, 3.05) is 6.61 Å². The molecule has 1 aliphatic rings. The molecule has 4 atom stereocenters. The molecule has 0 saturated carbocycles. The van der Waals surface area contributed by atoms with Crippen molar-refractivity contribution in [2.24, 2.45) is 0 Å². The van der Waals surface area contributed by atoms with Gasteiger partial charge in [0.25, 0.3) is 0 Å². The molecule has 0 spiro atoms. The third-order valence-electron chi connectivity index (χ3n) is 3.95. The van der Waals surface area contributed by atoms with E-state index in [0.29, 0.717) is 11.1 Å². The molecular formula is C19H18O7. The third-order valence-corrected chi connectivity index (χ3v) is 3.95. The van der Waals surface area contributed by atoms with Gasteiger partial charge in [0.15, 0.2) is 12.4 Å². The Morgan fingerprint density at radius 3 is 2.00 bits per heavy atom. The molecule has 3 rings (SSSR count). The summed E-state index contributed by atoms with van der Waals surface area (Å²) in [6, 6.07) is 16.6. The standard InChI is InChI=1S/C19H18O7/c20-15-16(26-18(22)13-9-5-2-6-10-13)14(25-19(15)23)11-24-17(21)12-7-3-1-4-8-12/h1-10,14-16,19-20,23H,11H2/t14-,15+,16?,19+/m1/s1. The summed E-state index contributed by atoms with van der Waals surface area (Å²) in [5, 5.41) is 19.7. The maximum Gasteiger partial charge on any atom is 0.338 e. The first-order valence-electron chi connectivity index (χ1n) is 8.06. The Labute approximate surface area is 149 Å². The zero-order chi connectivity index (χ0) is 18.5. The monoisotopic (exact) mass is 358 g/mol. The van der Waals surface area contributed by atoms with Crippen LogP contribution in [0.2, 0.25) is 0 Å². The first-order valence-corrected chi connectivity index (χ1v) is 8.06. The zero-order valence-corrected chi connectivity index (χ0v) is 13.7. The van der Waals surface area contributed by atoms with Gasteiger partial charge in [0.05, 0.1) is 11.1 Å². The Kier molecular flexibility index (Phi) is 5.62. The number of rotatable bonds is 5. The Morgan fingerprint density at radius 1 is 0.885 bits per heavy atom. The number of carbonyl (C=O) groups is 2. The summed E-state index contributed by atoms with van der Waals surface area (Å²) in [7, 11) is 0. The molecule has 0 aromatic heterocycles. The zero-order valence-electron chi connectivity index (χ0n) is 13.7. The highest BCUT2D eigenvalue weighted by Crippen LogP contribution is 2.24. The molecule has 2 N–H and O–H groups in total. The Bertz CT molecular complexity index is 747. The lowest BCUT2D eigenvalue weighted by Crippen LogP contribution is -2.39. The molecule has 26 heavy (non-hydrogen) atoms. The molecule has 2 aromatic carbocycles. The van der Waals surface area contributed by atoms with Crippen LogP contribution in [0.15, 0.2) is 60.7 Å². The van der Waals surface area contributed by atoms with Gasteiger partial charge in [-0.15, -0.1) is 0 Å². The van der Waals surface area contributed by atoms with Crippen LogP contribution in [0.3, 0.4) is 0 Å². The summed E-state index contributed by atoms with van der Waals surface area (Å²) >= 11 is 0. The number of esters is 2. The highest BCUT2D eigenvalue weighted by molar-refractivity contribution is 5.90. The lowest BCUT2D eigenvalue weighted by molar-refractivity contribution is -0.133. The van der Waals surface area contributed by atoms with E-state index in [1.165, 1.54) is 0 Å². The molecule has 7 heteroatoms. The molecule has 1 fully saturated rings. The number of benzene rings is 2. The van der Waals surface area contributed by atoms with Crippen LogP contribution in [0, 0.1) is 0 Å². The fourth-order valence-corrected chi connectivity index (χ4v) is 2.58. The average Bonchev–Trinajstić information content (AvgIpc) is 2.95. The van der Waals surface area contributed by atoms with E-state index in [0.717, 1.165) is 0 Å². The molecule has 1 aliphatic heterocycles. The van der Waals surface area contributed by atoms with Gasteiger partial charge in [0.1, 0.15) is 18.8 Å². The van der Waals surface area contributed by atoms with Crippen LogP contribution >= 0.6 is 0 Å². The second-order valence-corrected chi connectivity index (χ2v) is 5.76. The van der Waals surface area contributed by atoms with Crippen LogP contribution in [-0.2, 0) is 14.2 Å². The lowest BCUT2D eigenvalue weighted by Gasteiger charge is -2.20. The van der Waals surface area contributed by atoms with Gasteiger partial charge < -0.3 is 24.4 Å². The van der Waals surface area contributed by atoms with E-state index in [4.69, 9.17) is 14.2 Å². The first kappa shape index (κ1) is 18.1. The highest BCUT2D eigenvalue weighted by atomic mass is 16.7. The van der Waals surface area contributed by atoms with Gasteiger partial charge in [-0.3, -0.25) is 0 Å². The van der Waals surface area contributed by atoms with E-state index in [1.54, 1.807) is 60.7 Å². The van der Waals surface area contributed by atoms with Gasteiger partial charge in [0.2, 0.25) is 0 Å². The van der Waals surface area contributed by atoms with Gasteiger partial charge in [-0.2, -0.15) is 0 Å². The molecule has 136 valence electrons. The van der Waals surface area contributed by atoms with Crippen molar-refractivity contribution in [3.63, 3.8) is 0 Å². The van der Waals surface area contributed by atoms with E-state index in [2.05, 4.69) is 0 Å². The number of ether oxygens (including phenoxy) is 3. The molecular weight excluding hydrogens is 340 g/mol. The largest absolute Gasteiger partial charge is 0.459 e. The number of aliphatic hydroxyl groups excluding tert-OH is 2. The molecule has 0 amide bonds. The molecule has 2 aromatic rings. The summed E-state index contributed by atoms with van der Waals surface area (Å²) < 4.78 is 15.6. The van der Waals surface area contributed by atoms with Gasteiger partial charge in [-0.25, -0.2) is 9.59 Å². The quantitative estimate of drug-likeness (QED) is 0.773. The highest BCUT2D eigenvalue weighted by Gasteiger charge is 2.46. The minimum Gasteiger partial charge on any atom is -0.459 e. The first-order chi connectivity index (χ1) is 12.6. The summed E-state index contributed by atoms with van der Waals surface area (Å²) in [4.78, 5) is 24.2. The van der Waals surface area contributed by atoms with Gasteiger partial charge in [-0.1, -0.05) is 36.4 Å². The van der Waals surface area contributed by atoms with Crippen molar-refractivity contribution in [2.45, 2.75) is 24.6 Å². The number of hydrogen-bond acceptors (Lipinski definition) is 7. The molecule has 7 nitrogen and oxygen atoms in total. The molecule has 0 bridgehead atoms. The van der Waals surface area contributed by atoms with Crippen LogP contribution in [0.5, 0.6) is 0 Å². The van der Waals surface area contributed by atoms with E-state index in [-0.39, 0.29) is 6.61 Å². The predicted octanol–water partition coefficient (Wildman–Crippen LogP) is 1.15. The van der Waals surface area contributed by atoms with E-state index in [1.807, 2.05) is 0 Å². The smallest absolute Gasteiger partial charge is 0.338 e. The van der Waals surface area contributed by atoms with E-state index in [9.17, 15) is 19.8 Å². The Morgan fingerprint density at radius 2 is 1.42 bits per heavy atom. The third kappa shape index (κ3) is 4.08. The molecule has 1 saturated heterocycles. The molecule has 1 unspecified atom stereocenters. The second kappa shape index (κ2) is 8.09. The Balaban J connectivity index is 1.63. The maximum absolute atomic E-state index is 12.2. The van der Waals surface area contributed by atoms with E-state index >= 15 is 0 Å². The normalized spacial score (nSPS) is 24.8. The van der Waals surface area contributed by atoms with Crippen LogP contribution < -0.4 is 0 Å². The van der Waals surface area contributed by atoms with Crippen molar-refractivity contribution in [3.8, 4) is 0 Å². The molecule has 0 radical (unpaired) electrons. The van der Waals surface area contributed by atoms with Crippen LogP contribution in [0.4, 0.5) is 0 Å². The minimum absolute atomic E-state index is 0.283. The lowest BCUT2D eigenvalue weighted by atomic mass is 10.1. The number of aliphatic hydroxyl groups is 2. The van der Waals surface area contributed by atoms with Crippen molar-refractivity contribution in [1.82, 2.24) is 0 Å². The predicted molar refractivity (Wildman–Crippen MR) is 89.3 cm³/mol. The number of carbonyl (C=O) groups excluding carboxylic acids is 2. The van der Waals surface area contributed by atoms with Crippen LogP contribution in [0.1, 0.15) is 20.7 Å². The van der Waals surface area contributed by atoms with E-state index < -0.39 is 36.5 Å². The van der Waals surface area contributed by atoms with Gasteiger partial charge in [-0.05, 0) is 24.3 Å². The fourth-order valence-electron chi connectivity index (χ4n) is 2.58. The van der Waals surface area contributed by atoms with Crippen LogP contribution in [-0.4, -0.2) is 53.4 Å². The minimum atomic E-state index is -1.54. The summed E-state index contributed by atoms with van der Waals surface area (Å²) in [6.07, 6.45) is -5.13. The second-order valence-electron chi connectivity index (χ2n) is 5.76. The van der Waals surface area contributed by atoms with Gasteiger partial charge >= 0.3 is 11.9 Å². The molecule has 1 heterocycles. The SMILES string of the molecule is O=C(OC[C@H]1O[C@H](O)[C@@H](O)C1OC(=O)c1ccccc1)c1ccccc1. The topological polar surface area (TPSA) is 102 Å². The molecule has 0 aliphatic carbocycles. The van der Waals surface area contributed by atoms with Crippen molar-refractivity contribution in [1.29, 1.82) is 0 Å². The van der Waals surface area contributed by atoms with Crippen molar-refractivity contribution < 1.29 is 34.0 Å². The van der Waals surface area contributed by atoms with Crippen molar-refractivity contribution >= 4 is 11.9 Å².